The van der Waals surface area contributed by atoms with Crippen molar-refractivity contribution in [3.8, 4) is 22.6 Å². The van der Waals surface area contributed by atoms with Crippen LogP contribution in [0.25, 0.3) is 11.1 Å². The molecular formula is C24H27N3O8. The van der Waals surface area contributed by atoms with Gasteiger partial charge in [-0.15, -0.1) is 0 Å². The first kappa shape index (κ1) is 24.1. The number of ether oxygens (including phenoxy) is 4. The van der Waals surface area contributed by atoms with Gasteiger partial charge in [-0.3, -0.25) is 14.6 Å². The van der Waals surface area contributed by atoms with Crippen molar-refractivity contribution >= 4 is 29.5 Å². The van der Waals surface area contributed by atoms with Gasteiger partial charge in [-0.25, -0.2) is 9.59 Å². The van der Waals surface area contributed by atoms with Crippen LogP contribution in [-0.2, 0) is 14.3 Å². The van der Waals surface area contributed by atoms with Crippen LogP contribution in [0.3, 0.4) is 0 Å². The standard InChI is InChI=1S/C24H27N3O8/c1-14(29)25-10-17-11-26(23(30)34-17)19-6-4-15(8-21(19)32-2)16-5-7-20(22(9-16)33-3)27-12-18(13-28)35-24(27)31/h4-9,17-18,28H,10-13H2,1-3H3,(H,25,29)/t17-,18+/m0/s1. The molecule has 2 atom stereocenters. The highest BCUT2D eigenvalue weighted by atomic mass is 16.6. The van der Waals surface area contributed by atoms with E-state index in [1.54, 1.807) is 24.3 Å². The molecule has 0 bridgehead atoms. The Bertz CT molecular complexity index is 1140. The highest BCUT2D eigenvalue weighted by Crippen LogP contribution is 2.39. The second-order valence-electron chi connectivity index (χ2n) is 8.13. The normalized spacial score (nSPS) is 19.4. The number of amides is 3. The molecule has 0 radical (unpaired) electrons. The van der Waals surface area contributed by atoms with Gasteiger partial charge in [-0.1, -0.05) is 12.1 Å². The number of cyclic esters (lactones) is 2. The van der Waals surface area contributed by atoms with Gasteiger partial charge in [0.2, 0.25) is 5.91 Å². The summed E-state index contributed by atoms with van der Waals surface area (Å²) in [6.45, 7) is 1.88. The van der Waals surface area contributed by atoms with Crippen LogP contribution < -0.4 is 24.6 Å². The summed E-state index contributed by atoms with van der Waals surface area (Å²) in [6.07, 6.45) is -2.11. The maximum absolute atomic E-state index is 12.4. The number of aliphatic hydroxyl groups excluding tert-OH is 1. The van der Waals surface area contributed by atoms with E-state index in [9.17, 15) is 19.5 Å². The molecule has 2 saturated heterocycles. The maximum Gasteiger partial charge on any atom is 0.414 e. The number of nitrogens with zero attached hydrogens (tertiary/aromatic N) is 2. The van der Waals surface area contributed by atoms with Crippen LogP contribution in [0.15, 0.2) is 36.4 Å². The summed E-state index contributed by atoms with van der Waals surface area (Å²) >= 11 is 0. The minimum absolute atomic E-state index is 0.197. The van der Waals surface area contributed by atoms with E-state index in [-0.39, 0.29) is 32.1 Å². The molecule has 4 rings (SSSR count). The number of aliphatic hydroxyl groups is 1. The molecule has 2 aromatic rings. The van der Waals surface area contributed by atoms with Crippen molar-refractivity contribution in [1.29, 1.82) is 0 Å². The van der Waals surface area contributed by atoms with Crippen LogP contribution in [0.1, 0.15) is 6.92 Å². The predicted molar refractivity (Wildman–Crippen MR) is 126 cm³/mol. The van der Waals surface area contributed by atoms with Crippen LogP contribution in [0.4, 0.5) is 21.0 Å². The van der Waals surface area contributed by atoms with Gasteiger partial charge in [0.05, 0.1) is 51.8 Å². The largest absolute Gasteiger partial charge is 0.495 e. The number of carbonyl (C=O) groups is 3. The Morgan fingerprint density at radius 1 is 0.943 bits per heavy atom. The summed E-state index contributed by atoms with van der Waals surface area (Å²) in [5, 5.41) is 12.0. The Kier molecular flexibility index (Phi) is 6.97. The van der Waals surface area contributed by atoms with Crippen molar-refractivity contribution in [2.24, 2.45) is 0 Å². The van der Waals surface area contributed by atoms with Crippen LogP contribution >= 0.6 is 0 Å². The summed E-state index contributed by atoms with van der Waals surface area (Å²) < 4.78 is 21.6. The number of hydrogen-bond donors (Lipinski definition) is 2. The van der Waals surface area contributed by atoms with Gasteiger partial charge in [0, 0.05) is 6.92 Å². The van der Waals surface area contributed by atoms with Gasteiger partial charge in [-0.2, -0.15) is 0 Å². The Labute approximate surface area is 202 Å². The monoisotopic (exact) mass is 485 g/mol. The molecule has 35 heavy (non-hydrogen) atoms. The Morgan fingerprint density at radius 2 is 1.43 bits per heavy atom. The molecule has 0 spiro atoms. The smallest absolute Gasteiger partial charge is 0.414 e. The molecule has 0 aromatic heterocycles. The fourth-order valence-corrected chi connectivity index (χ4v) is 4.06. The zero-order chi connectivity index (χ0) is 25.1. The van der Waals surface area contributed by atoms with Crippen LogP contribution in [0.2, 0.25) is 0 Å². The number of carbonyl (C=O) groups excluding carboxylic acids is 3. The Morgan fingerprint density at radius 3 is 1.86 bits per heavy atom. The van der Waals surface area contributed by atoms with Crippen LogP contribution in [0.5, 0.6) is 11.5 Å². The fourth-order valence-electron chi connectivity index (χ4n) is 4.06. The van der Waals surface area contributed by atoms with Gasteiger partial charge < -0.3 is 29.4 Å². The molecule has 186 valence electrons. The first-order valence-corrected chi connectivity index (χ1v) is 11.0. The second kappa shape index (κ2) is 10.1. The molecular weight excluding hydrogens is 458 g/mol. The number of rotatable bonds is 8. The first-order chi connectivity index (χ1) is 16.8. The molecule has 0 unspecified atom stereocenters. The lowest BCUT2D eigenvalue weighted by Gasteiger charge is -2.19. The molecule has 2 fully saturated rings. The number of methoxy groups -OCH3 is 2. The van der Waals surface area contributed by atoms with Crippen molar-refractivity contribution in [2.75, 3.05) is 50.3 Å². The first-order valence-electron chi connectivity index (χ1n) is 11.0. The SMILES string of the molecule is COc1cc(-c2ccc(N3C[C@H](CNC(C)=O)OC3=O)c(OC)c2)ccc1N1C[C@H](CO)OC1=O. The summed E-state index contributed by atoms with van der Waals surface area (Å²) in [5.74, 6) is 0.735. The van der Waals surface area contributed by atoms with Gasteiger partial charge in [-0.05, 0) is 35.4 Å². The summed E-state index contributed by atoms with van der Waals surface area (Å²) in [4.78, 5) is 38.7. The molecule has 2 heterocycles. The lowest BCUT2D eigenvalue weighted by Crippen LogP contribution is -2.33. The third-order valence-electron chi connectivity index (χ3n) is 5.80. The molecule has 0 aliphatic carbocycles. The molecule has 2 N–H and O–H groups in total. The average molecular weight is 485 g/mol. The minimum Gasteiger partial charge on any atom is -0.495 e. The highest BCUT2D eigenvalue weighted by Gasteiger charge is 2.35. The molecule has 0 saturated carbocycles. The van der Waals surface area contributed by atoms with Gasteiger partial charge in [0.25, 0.3) is 0 Å². The second-order valence-corrected chi connectivity index (χ2v) is 8.13. The van der Waals surface area contributed by atoms with Gasteiger partial charge in [0.15, 0.2) is 0 Å². The van der Waals surface area contributed by atoms with Crippen molar-refractivity contribution < 1.29 is 38.4 Å². The zero-order valence-corrected chi connectivity index (χ0v) is 19.6. The van der Waals surface area contributed by atoms with Gasteiger partial charge >= 0.3 is 12.2 Å². The van der Waals surface area contributed by atoms with E-state index in [0.29, 0.717) is 22.9 Å². The minimum atomic E-state index is -0.584. The molecule has 11 heteroatoms. The number of nitrogens with one attached hydrogen (secondary N) is 1. The molecule has 2 aliphatic heterocycles. The van der Waals surface area contributed by atoms with E-state index in [0.717, 1.165) is 11.1 Å². The van der Waals surface area contributed by atoms with E-state index in [1.807, 2.05) is 12.1 Å². The van der Waals surface area contributed by atoms with E-state index in [2.05, 4.69) is 5.32 Å². The van der Waals surface area contributed by atoms with Crippen LogP contribution in [-0.4, -0.2) is 75.9 Å². The topological polar surface area (TPSA) is 127 Å². The lowest BCUT2D eigenvalue weighted by atomic mass is 10.0. The maximum atomic E-state index is 12.4. The van der Waals surface area contributed by atoms with Crippen molar-refractivity contribution in [1.82, 2.24) is 5.32 Å². The molecule has 11 nitrogen and oxygen atoms in total. The van der Waals surface area contributed by atoms with E-state index < -0.39 is 24.4 Å². The summed E-state index contributed by atoms with van der Waals surface area (Å²) in [7, 11) is 3.02. The molecule has 2 aliphatic rings. The van der Waals surface area contributed by atoms with E-state index >= 15 is 0 Å². The Balaban J connectivity index is 1.58. The highest BCUT2D eigenvalue weighted by molar-refractivity contribution is 5.94. The third-order valence-corrected chi connectivity index (χ3v) is 5.80. The third kappa shape index (κ3) is 4.94. The number of anilines is 2. The van der Waals surface area contributed by atoms with Crippen molar-refractivity contribution in [2.45, 2.75) is 19.1 Å². The fraction of sp³-hybridized carbons (Fsp3) is 0.375. The van der Waals surface area contributed by atoms with Crippen LogP contribution in [0, 0.1) is 0 Å². The van der Waals surface area contributed by atoms with E-state index in [1.165, 1.54) is 30.9 Å². The number of benzene rings is 2. The quantitative estimate of drug-likeness (QED) is 0.582. The average Bonchev–Trinajstić information content (AvgIpc) is 3.43. The predicted octanol–water partition coefficient (Wildman–Crippen LogP) is 2.15. The summed E-state index contributed by atoms with van der Waals surface area (Å²) in [5.41, 5.74) is 2.68. The molecule has 3 amide bonds. The van der Waals surface area contributed by atoms with Crippen molar-refractivity contribution in [3.05, 3.63) is 36.4 Å². The summed E-state index contributed by atoms with van der Waals surface area (Å²) in [6, 6.07) is 10.8. The Hall–Kier alpha value is -3.99. The van der Waals surface area contributed by atoms with Gasteiger partial charge in [0.1, 0.15) is 23.7 Å². The zero-order valence-electron chi connectivity index (χ0n) is 19.6. The van der Waals surface area contributed by atoms with Crippen molar-refractivity contribution in [3.63, 3.8) is 0 Å². The molecule has 2 aromatic carbocycles. The number of hydrogen-bond acceptors (Lipinski definition) is 8. The van der Waals surface area contributed by atoms with E-state index in [4.69, 9.17) is 18.9 Å². The lowest BCUT2D eigenvalue weighted by molar-refractivity contribution is -0.119.